The van der Waals surface area contributed by atoms with Gasteiger partial charge in [0.1, 0.15) is 0 Å². The number of hydrogen-bond donors (Lipinski definition) is 1. The van der Waals surface area contributed by atoms with Gasteiger partial charge in [-0.15, -0.1) is 11.3 Å². The van der Waals surface area contributed by atoms with Gasteiger partial charge in [-0.25, -0.2) is 13.4 Å². The molecule has 6 nitrogen and oxygen atoms in total. The maximum absolute atomic E-state index is 11.7. The Balaban J connectivity index is 1.52. The van der Waals surface area contributed by atoms with Crippen LogP contribution in [0.3, 0.4) is 0 Å². The molecule has 0 spiro atoms. The predicted molar refractivity (Wildman–Crippen MR) is 91.4 cm³/mol. The van der Waals surface area contributed by atoms with Crippen LogP contribution in [-0.4, -0.2) is 41.2 Å². The Morgan fingerprint density at radius 1 is 1.48 bits per heavy atom. The van der Waals surface area contributed by atoms with Gasteiger partial charge < -0.3 is 5.32 Å². The summed E-state index contributed by atoms with van der Waals surface area (Å²) < 4.78 is 25.2. The highest BCUT2D eigenvalue weighted by atomic mass is 32.2. The molecule has 1 atom stereocenters. The molecule has 0 radical (unpaired) electrons. The van der Waals surface area contributed by atoms with E-state index in [9.17, 15) is 8.42 Å². The van der Waals surface area contributed by atoms with Gasteiger partial charge in [-0.2, -0.15) is 5.10 Å². The van der Waals surface area contributed by atoms with E-state index in [4.69, 9.17) is 0 Å². The highest BCUT2D eigenvalue weighted by Gasteiger charge is 2.40. The number of aryl methyl sites for hydroxylation is 1. The highest BCUT2D eigenvalue weighted by molar-refractivity contribution is 7.91. The van der Waals surface area contributed by atoms with Crippen molar-refractivity contribution in [2.45, 2.75) is 38.8 Å². The molecular formula is C15H22N4O2S2. The van der Waals surface area contributed by atoms with Crippen LogP contribution in [0, 0.1) is 6.92 Å². The second kappa shape index (κ2) is 6.33. The Kier molecular flexibility index (Phi) is 4.57. The summed E-state index contributed by atoms with van der Waals surface area (Å²) in [7, 11) is -2.92. The first-order chi connectivity index (χ1) is 10.9. The monoisotopic (exact) mass is 354 g/mol. The molecule has 126 valence electrons. The minimum atomic E-state index is -2.92. The zero-order chi connectivity index (χ0) is 16.5. The second-order valence-electron chi connectivity index (χ2n) is 6.42. The van der Waals surface area contributed by atoms with Gasteiger partial charge in [0.05, 0.1) is 33.9 Å². The van der Waals surface area contributed by atoms with Gasteiger partial charge in [0.2, 0.25) is 0 Å². The molecular weight excluding hydrogens is 332 g/mol. The fraction of sp³-hybridized carbons (Fsp3) is 0.600. The zero-order valence-electron chi connectivity index (χ0n) is 13.4. The molecule has 3 rings (SSSR count). The van der Waals surface area contributed by atoms with Crippen LogP contribution in [0.15, 0.2) is 17.8 Å². The van der Waals surface area contributed by atoms with Crippen molar-refractivity contribution in [1.29, 1.82) is 0 Å². The van der Waals surface area contributed by atoms with E-state index in [0.717, 1.165) is 35.8 Å². The topological polar surface area (TPSA) is 76.9 Å². The van der Waals surface area contributed by atoms with Crippen LogP contribution in [0.1, 0.15) is 29.6 Å². The van der Waals surface area contributed by atoms with Crippen molar-refractivity contribution >= 4 is 21.2 Å². The van der Waals surface area contributed by atoms with E-state index in [1.807, 2.05) is 30.9 Å². The first-order valence-electron chi connectivity index (χ1n) is 7.73. The normalized spacial score (nSPS) is 23.4. The lowest BCUT2D eigenvalue weighted by Crippen LogP contribution is -2.31. The lowest BCUT2D eigenvalue weighted by atomic mass is 10.0. The first-order valence-corrected chi connectivity index (χ1v) is 10.4. The molecule has 2 aromatic rings. The Labute approximate surface area is 140 Å². The van der Waals surface area contributed by atoms with Gasteiger partial charge in [0.15, 0.2) is 9.84 Å². The Hall–Kier alpha value is -1.25. The van der Waals surface area contributed by atoms with E-state index < -0.39 is 15.4 Å². The Bertz CT molecular complexity index is 781. The van der Waals surface area contributed by atoms with Gasteiger partial charge in [0, 0.05) is 36.7 Å². The Morgan fingerprint density at radius 3 is 2.96 bits per heavy atom. The summed E-state index contributed by atoms with van der Waals surface area (Å²) in [4.78, 5) is 4.44. The molecule has 1 saturated heterocycles. The van der Waals surface area contributed by atoms with Crippen LogP contribution in [0.5, 0.6) is 0 Å². The molecule has 1 fully saturated rings. The summed E-state index contributed by atoms with van der Waals surface area (Å²) in [5.41, 5.74) is 1.79. The lowest BCUT2D eigenvalue weighted by molar-refractivity contribution is 0.328. The quantitative estimate of drug-likeness (QED) is 0.796. The molecule has 23 heavy (non-hydrogen) atoms. The van der Waals surface area contributed by atoms with Gasteiger partial charge in [-0.1, -0.05) is 0 Å². The van der Waals surface area contributed by atoms with Crippen molar-refractivity contribution in [3.63, 3.8) is 0 Å². The summed E-state index contributed by atoms with van der Waals surface area (Å²) in [6.45, 7) is 5.57. The number of nitrogens with one attached hydrogen (secondary N) is 1. The summed E-state index contributed by atoms with van der Waals surface area (Å²) in [6, 6.07) is 0. The SMILES string of the molecule is Cc1nc(CCNCc2cnn(C3(C)CCS(=O)(=O)C3)c2)cs1. The maximum atomic E-state index is 11.7. The first kappa shape index (κ1) is 16.6. The molecule has 0 amide bonds. The van der Waals surface area contributed by atoms with E-state index in [0.29, 0.717) is 6.42 Å². The molecule has 1 unspecified atom stereocenters. The van der Waals surface area contributed by atoms with Crippen molar-refractivity contribution < 1.29 is 8.42 Å². The number of aromatic nitrogens is 3. The summed E-state index contributed by atoms with van der Waals surface area (Å²) in [6.07, 6.45) is 5.32. The van der Waals surface area contributed by atoms with Crippen LogP contribution in [0.25, 0.3) is 0 Å². The molecule has 1 aliphatic heterocycles. The maximum Gasteiger partial charge on any atom is 0.152 e. The minimum absolute atomic E-state index is 0.178. The molecule has 0 saturated carbocycles. The molecule has 3 heterocycles. The number of sulfone groups is 1. The van der Waals surface area contributed by atoms with Crippen LogP contribution in [0.2, 0.25) is 0 Å². The summed E-state index contributed by atoms with van der Waals surface area (Å²) >= 11 is 1.67. The molecule has 1 aliphatic rings. The second-order valence-corrected chi connectivity index (χ2v) is 9.66. The predicted octanol–water partition coefficient (Wildman–Crippen LogP) is 1.51. The molecule has 2 aromatic heterocycles. The average molecular weight is 355 g/mol. The van der Waals surface area contributed by atoms with E-state index in [1.165, 1.54) is 0 Å². The smallest absolute Gasteiger partial charge is 0.152 e. The molecule has 0 aliphatic carbocycles. The third kappa shape index (κ3) is 3.99. The van der Waals surface area contributed by atoms with E-state index in [1.54, 1.807) is 11.3 Å². The van der Waals surface area contributed by atoms with Crippen LogP contribution >= 0.6 is 11.3 Å². The minimum Gasteiger partial charge on any atom is -0.312 e. The van der Waals surface area contributed by atoms with Crippen molar-refractivity contribution in [3.05, 3.63) is 34.0 Å². The van der Waals surface area contributed by atoms with Gasteiger partial charge in [0.25, 0.3) is 0 Å². The largest absolute Gasteiger partial charge is 0.312 e. The molecule has 8 heteroatoms. The third-order valence-electron chi connectivity index (χ3n) is 4.23. The van der Waals surface area contributed by atoms with Crippen molar-refractivity contribution in [3.8, 4) is 0 Å². The molecule has 0 bridgehead atoms. The van der Waals surface area contributed by atoms with Gasteiger partial charge in [-0.05, 0) is 20.3 Å². The van der Waals surface area contributed by atoms with Crippen molar-refractivity contribution in [1.82, 2.24) is 20.1 Å². The number of rotatable bonds is 6. The van der Waals surface area contributed by atoms with E-state index in [2.05, 4.69) is 20.8 Å². The van der Waals surface area contributed by atoms with Gasteiger partial charge in [-0.3, -0.25) is 4.68 Å². The van der Waals surface area contributed by atoms with E-state index in [-0.39, 0.29) is 11.5 Å². The fourth-order valence-corrected chi connectivity index (χ4v) is 5.66. The van der Waals surface area contributed by atoms with Crippen molar-refractivity contribution in [2.24, 2.45) is 0 Å². The number of nitrogens with zero attached hydrogens (tertiary/aromatic N) is 3. The molecule has 1 N–H and O–H groups in total. The average Bonchev–Trinajstić information content (AvgIpc) is 3.16. The fourth-order valence-electron chi connectivity index (χ4n) is 2.89. The number of thiazole rings is 1. The molecule has 0 aromatic carbocycles. The third-order valence-corrected chi connectivity index (χ3v) is 6.94. The Morgan fingerprint density at radius 2 is 2.30 bits per heavy atom. The highest BCUT2D eigenvalue weighted by Crippen LogP contribution is 2.30. The zero-order valence-corrected chi connectivity index (χ0v) is 15.1. The van der Waals surface area contributed by atoms with Gasteiger partial charge >= 0.3 is 0 Å². The van der Waals surface area contributed by atoms with E-state index >= 15 is 0 Å². The van der Waals surface area contributed by atoms with Crippen LogP contribution < -0.4 is 5.32 Å². The summed E-state index contributed by atoms with van der Waals surface area (Å²) in [5, 5.41) is 11.0. The number of hydrogen-bond acceptors (Lipinski definition) is 6. The lowest BCUT2D eigenvalue weighted by Gasteiger charge is -2.22. The van der Waals surface area contributed by atoms with Crippen LogP contribution in [0.4, 0.5) is 0 Å². The standard InChI is InChI=1S/C15H22N4O2S2/c1-12-18-14(10-22-12)3-5-16-7-13-8-17-19(9-13)15(2)4-6-23(20,21)11-15/h8-10,16H,3-7,11H2,1-2H3. The van der Waals surface area contributed by atoms with Crippen molar-refractivity contribution in [2.75, 3.05) is 18.1 Å². The summed E-state index contributed by atoms with van der Waals surface area (Å²) in [5.74, 6) is 0.432. The van der Waals surface area contributed by atoms with Crippen LogP contribution in [-0.2, 0) is 28.3 Å².